The standard InChI is InChI=1S/C14H14FIN4O/c1-21-12-5-4-9(6-10(12)15)19-14-17-7-11(16)13(20-14)18-8-2-3-8/h4-8H,2-3H2,1H3,(H2,17,18,19,20). The Hall–Kier alpha value is -1.64. The third-order valence-corrected chi connectivity index (χ3v) is 3.86. The molecule has 0 spiro atoms. The van der Waals surface area contributed by atoms with Crippen molar-refractivity contribution in [1.29, 1.82) is 0 Å². The van der Waals surface area contributed by atoms with Crippen LogP contribution in [0.4, 0.5) is 21.8 Å². The Morgan fingerprint density at radius 3 is 2.86 bits per heavy atom. The number of hydrogen-bond acceptors (Lipinski definition) is 5. The van der Waals surface area contributed by atoms with E-state index in [0.29, 0.717) is 17.7 Å². The molecule has 1 saturated carbocycles. The maximum Gasteiger partial charge on any atom is 0.229 e. The van der Waals surface area contributed by atoms with Gasteiger partial charge in [-0.2, -0.15) is 4.98 Å². The van der Waals surface area contributed by atoms with Gasteiger partial charge in [0.25, 0.3) is 0 Å². The predicted molar refractivity (Wildman–Crippen MR) is 87.6 cm³/mol. The number of hydrogen-bond donors (Lipinski definition) is 2. The van der Waals surface area contributed by atoms with Crippen LogP contribution in [0.5, 0.6) is 5.75 Å². The van der Waals surface area contributed by atoms with Crippen LogP contribution >= 0.6 is 22.6 Å². The molecule has 0 unspecified atom stereocenters. The molecule has 2 N–H and O–H groups in total. The maximum atomic E-state index is 13.7. The van der Waals surface area contributed by atoms with E-state index in [4.69, 9.17) is 4.74 Å². The van der Waals surface area contributed by atoms with Crippen molar-refractivity contribution in [2.45, 2.75) is 18.9 Å². The van der Waals surface area contributed by atoms with Crippen molar-refractivity contribution in [1.82, 2.24) is 9.97 Å². The Kier molecular flexibility index (Phi) is 4.09. The molecule has 1 aliphatic rings. The third kappa shape index (κ3) is 3.52. The van der Waals surface area contributed by atoms with Gasteiger partial charge in [0.05, 0.1) is 10.7 Å². The minimum Gasteiger partial charge on any atom is -0.494 e. The summed E-state index contributed by atoms with van der Waals surface area (Å²) in [6.07, 6.45) is 4.08. The fraction of sp³-hybridized carbons (Fsp3) is 0.286. The molecule has 1 aliphatic carbocycles. The van der Waals surface area contributed by atoms with Gasteiger partial charge < -0.3 is 15.4 Å². The number of halogens is 2. The summed E-state index contributed by atoms with van der Waals surface area (Å²) in [6, 6.07) is 5.15. The molecule has 1 aromatic carbocycles. The SMILES string of the molecule is COc1ccc(Nc2ncc(I)c(NC3CC3)n2)cc1F. The van der Waals surface area contributed by atoms with Crippen LogP contribution in [0, 0.1) is 9.39 Å². The van der Waals surface area contributed by atoms with E-state index in [1.54, 1.807) is 18.3 Å². The third-order valence-electron chi connectivity index (χ3n) is 3.07. The van der Waals surface area contributed by atoms with E-state index in [1.165, 1.54) is 26.0 Å². The van der Waals surface area contributed by atoms with Gasteiger partial charge in [-0.05, 0) is 47.6 Å². The van der Waals surface area contributed by atoms with Crippen LogP contribution in [-0.4, -0.2) is 23.1 Å². The van der Waals surface area contributed by atoms with Crippen molar-refractivity contribution in [3.63, 3.8) is 0 Å². The fourth-order valence-corrected chi connectivity index (χ4v) is 2.24. The largest absolute Gasteiger partial charge is 0.494 e. The Bertz CT molecular complexity index is 663. The second kappa shape index (κ2) is 6.00. The summed E-state index contributed by atoms with van der Waals surface area (Å²) in [5.41, 5.74) is 0.576. The summed E-state index contributed by atoms with van der Waals surface area (Å²) in [5.74, 6) is 1.03. The minimum absolute atomic E-state index is 0.208. The van der Waals surface area contributed by atoms with E-state index in [-0.39, 0.29) is 5.75 Å². The first kappa shape index (κ1) is 14.3. The molecule has 110 valence electrons. The average molecular weight is 400 g/mol. The van der Waals surface area contributed by atoms with E-state index >= 15 is 0 Å². The summed E-state index contributed by atoms with van der Waals surface area (Å²) in [6.45, 7) is 0. The van der Waals surface area contributed by atoms with Crippen LogP contribution < -0.4 is 15.4 Å². The molecule has 21 heavy (non-hydrogen) atoms. The number of ether oxygens (including phenoxy) is 1. The van der Waals surface area contributed by atoms with Crippen molar-refractivity contribution in [2.24, 2.45) is 0 Å². The number of methoxy groups -OCH3 is 1. The van der Waals surface area contributed by atoms with Gasteiger partial charge in [0, 0.05) is 24.0 Å². The number of benzene rings is 1. The number of rotatable bonds is 5. The first-order chi connectivity index (χ1) is 10.2. The van der Waals surface area contributed by atoms with Crippen molar-refractivity contribution in [3.05, 3.63) is 33.8 Å². The van der Waals surface area contributed by atoms with Gasteiger partial charge in [-0.15, -0.1) is 0 Å². The molecule has 0 atom stereocenters. The zero-order chi connectivity index (χ0) is 14.8. The number of aromatic nitrogens is 2. The van der Waals surface area contributed by atoms with E-state index in [0.717, 1.165) is 9.39 Å². The summed E-state index contributed by atoms with van der Waals surface area (Å²) in [4.78, 5) is 8.64. The lowest BCUT2D eigenvalue weighted by Crippen LogP contribution is -2.07. The summed E-state index contributed by atoms with van der Waals surface area (Å²) >= 11 is 2.19. The molecule has 2 aromatic rings. The molecule has 1 fully saturated rings. The monoisotopic (exact) mass is 400 g/mol. The van der Waals surface area contributed by atoms with Crippen molar-refractivity contribution < 1.29 is 9.13 Å². The normalized spacial score (nSPS) is 13.9. The van der Waals surface area contributed by atoms with Gasteiger partial charge in [0.1, 0.15) is 5.82 Å². The molecule has 0 bridgehead atoms. The summed E-state index contributed by atoms with van der Waals surface area (Å²) in [5, 5.41) is 6.34. The smallest absolute Gasteiger partial charge is 0.229 e. The Labute approximate surface area is 135 Å². The van der Waals surface area contributed by atoms with Crippen LogP contribution in [0.15, 0.2) is 24.4 Å². The Morgan fingerprint density at radius 2 is 2.19 bits per heavy atom. The highest BCUT2D eigenvalue weighted by atomic mass is 127. The molecule has 0 radical (unpaired) electrons. The van der Waals surface area contributed by atoms with Crippen molar-refractivity contribution in [2.75, 3.05) is 17.7 Å². The van der Waals surface area contributed by atoms with Crippen LogP contribution in [0.2, 0.25) is 0 Å². The number of nitrogens with zero attached hydrogens (tertiary/aromatic N) is 2. The Morgan fingerprint density at radius 1 is 1.38 bits per heavy atom. The first-order valence-electron chi connectivity index (χ1n) is 6.55. The topological polar surface area (TPSA) is 59.1 Å². The average Bonchev–Trinajstić information content (AvgIpc) is 3.27. The Balaban J connectivity index is 1.79. The highest BCUT2D eigenvalue weighted by molar-refractivity contribution is 14.1. The second-order valence-corrected chi connectivity index (χ2v) is 5.95. The zero-order valence-electron chi connectivity index (χ0n) is 11.4. The highest BCUT2D eigenvalue weighted by Gasteiger charge is 2.22. The number of nitrogens with one attached hydrogen (secondary N) is 2. The highest BCUT2D eigenvalue weighted by Crippen LogP contribution is 2.27. The van der Waals surface area contributed by atoms with Gasteiger partial charge in [-0.25, -0.2) is 9.37 Å². The fourth-order valence-electron chi connectivity index (χ4n) is 1.82. The molecular formula is C14H14FIN4O. The molecule has 3 rings (SSSR count). The predicted octanol–water partition coefficient (Wildman–Crippen LogP) is 3.55. The van der Waals surface area contributed by atoms with E-state index in [9.17, 15) is 4.39 Å². The molecule has 7 heteroatoms. The van der Waals surface area contributed by atoms with Gasteiger partial charge in [-0.3, -0.25) is 0 Å². The summed E-state index contributed by atoms with van der Waals surface area (Å²) < 4.78 is 19.5. The van der Waals surface area contributed by atoms with Crippen LogP contribution in [0.3, 0.4) is 0 Å². The first-order valence-corrected chi connectivity index (χ1v) is 7.63. The minimum atomic E-state index is -0.427. The lowest BCUT2D eigenvalue weighted by Gasteiger charge is -2.10. The molecule has 0 saturated heterocycles. The van der Waals surface area contributed by atoms with Gasteiger partial charge >= 0.3 is 0 Å². The molecule has 0 amide bonds. The quantitative estimate of drug-likeness (QED) is 0.752. The van der Waals surface area contributed by atoms with Gasteiger partial charge in [-0.1, -0.05) is 0 Å². The molecule has 0 aliphatic heterocycles. The van der Waals surface area contributed by atoms with E-state index < -0.39 is 5.82 Å². The molecule has 1 heterocycles. The van der Waals surface area contributed by atoms with Gasteiger partial charge in [0.2, 0.25) is 5.95 Å². The number of anilines is 3. The molecular weight excluding hydrogens is 386 g/mol. The van der Waals surface area contributed by atoms with E-state index in [1.807, 2.05) is 0 Å². The van der Waals surface area contributed by atoms with Gasteiger partial charge in [0.15, 0.2) is 11.6 Å². The van der Waals surface area contributed by atoms with E-state index in [2.05, 4.69) is 43.2 Å². The molecule has 5 nitrogen and oxygen atoms in total. The second-order valence-electron chi connectivity index (χ2n) is 4.78. The van der Waals surface area contributed by atoms with Crippen LogP contribution in [0.1, 0.15) is 12.8 Å². The molecule has 1 aromatic heterocycles. The van der Waals surface area contributed by atoms with Crippen LogP contribution in [-0.2, 0) is 0 Å². The van der Waals surface area contributed by atoms with Crippen LogP contribution in [0.25, 0.3) is 0 Å². The van der Waals surface area contributed by atoms with Crippen molar-refractivity contribution >= 4 is 40.0 Å². The summed E-state index contributed by atoms with van der Waals surface area (Å²) in [7, 11) is 1.43. The zero-order valence-corrected chi connectivity index (χ0v) is 13.5. The van der Waals surface area contributed by atoms with Crippen molar-refractivity contribution in [3.8, 4) is 5.75 Å². The lowest BCUT2D eigenvalue weighted by atomic mass is 10.3. The lowest BCUT2D eigenvalue weighted by molar-refractivity contribution is 0.386. The maximum absolute atomic E-state index is 13.7.